The number of nitro benzene ring substituents is 1. The second-order valence-electron chi connectivity index (χ2n) is 6.98. The van der Waals surface area contributed by atoms with Gasteiger partial charge in [0.25, 0.3) is 5.69 Å². The molecule has 11 nitrogen and oxygen atoms in total. The number of anilines is 1. The van der Waals surface area contributed by atoms with Gasteiger partial charge in [0.15, 0.2) is 11.5 Å². The van der Waals surface area contributed by atoms with Crippen LogP contribution in [0.15, 0.2) is 41.3 Å². The Balaban J connectivity index is 2.04. The normalized spacial score (nSPS) is 11.0. The molecule has 12 heteroatoms. The maximum absolute atomic E-state index is 12.7. The zero-order valence-corrected chi connectivity index (χ0v) is 19.6. The van der Waals surface area contributed by atoms with Crippen LogP contribution in [0.2, 0.25) is 0 Å². The van der Waals surface area contributed by atoms with Gasteiger partial charge >= 0.3 is 0 Å². The predicted octanol–water partition coefficient (Wildman–Crippen LogP) is 2.50. The molecule has 0 bridgehead atoms. The molecular formula is C21H28N4O7S. The molecule has 180 valence electrons. The van der Waals surface area contributed by atoms with E-state index in [0.717, 1.165) is 11.6 Å². The zero-order chi connectivity index (χ0) is 24.6. The minimum Gasteiger partial charge on any atom is -0.493 e. The number of nitrogens with two attached hydrogens (primary N) is 1. The summed E-state index contributed by atoms with van der Waals surface area (Å²) in [5.74, 6) is 1.05. The number of nitrogens with zero attached hydrogens (tertiary/aromatic N) is 2. The summed E-state index contributed by atoms with van der Waals surface area (Å²) in [6, 6.07) is 8.78. The third-order valence-electron chi connectivity index (χ3n) is 4.78. The number of benzene rings is 2. The van der Waals surface area contributed by atoms with Crippen LogP contribution in [0, 0.1) is 10.1 Å². The number of methoxy groups -OCH3 is 1. The number of carbonyl (C=O) groups is 1. The summed E-state index contributed by atoms with van der Waals surface area (Å²) in [5.41, 5.74) is 0.523. The van der Waals surface area contributed by atoms with Gasteiger partial charge in [-0.05, 0) is 43.7 Å². The van der Waals surface area contributed by atoms with Crippen LogP contribution in [0.25, 0.3) is 0 Å². The standard InChI is InChI=1S/C21H28N4O7S/c1-4-24(14-15-6-9-19(32-5-2)20(12-15)31-3)21(26)10-11-23-17-8-7-16(33(22,29)30)13-18(17)25(27)28/h6-9,12-13,23H,4-5,10-11,14H2,1-3H3,(H2,22,29,30). The molecular weight excluding hydrogens is 452 g/mol. The summed E-state index contributed by atoms with van der Waals surface area (Å²) in [6.45, 7) is 5.19. The molecule has 1 amide bonds. The van der Waals surface area contributed by atoms with Gasteiger partial charge in [0.05, 0.1) is 23.5 Å². The summed E-state index contributed by atoms with van der Waals surface area (Å²) in [7, 11) is -2.53. The van der Waals surface area contributed by atoms with Gasteiger partial charge in [0.1, 0.15) is 5.69 Å². The highest BCUT2D eigenvalue weighted by molar-refractivity contribution is 7.89. The Labute approximate surface area is 192 Å². The zero-order valence-electron chi connectivity index (χ0n) is 18.7. The van der Waals surface area contributed by atoms with Crippen molar-refractivity contribution < 1.29 is 27.6 Å². The van der Waals surface area contributed by atoms with E-state index in [9.17, 15) is 23.3 Å². The first-order chi connectivity index (χ1) is 15.6. The van der Waals surface area contributed by atoms with Crippen molar-refractivity contribution in [3.05, 3.63) is 52.1 Å². The van der Waals surface area contributed by atoms with Gasteiger partial charge < -0.3 is 19.7 Å². The molecule has 0 aliphatic carbocycles. The number of nitrogens with one attached hydrogen (secondary N) is 1. The fourth-order valence-corrected chi connectivity index (χ4v) is 3.67. The van der Waals surface area contributed by atoms with E-state index in [1.807, 2.05) is 26.0 Å². The molecule has 0 saturated heterocycles. The van der Waals surface area contributed by atoms with E-state index in [2.05, 4.69) is 5.32 Å². The van der Waals surface area contributed by atoms with E-state index in [4.69, 9.17) is 14.6 Å². The van der Waals surface area contributed by atoms with Gasteiger partial charge in [0.2, 0.25) is 15.9 Å². The maximum Gasteiger partial charge on any atom is 0.293 e. The molecule has 2 aromatic carbocycles. The van der Waals surface area contributed by atoms with Gasteiger partial charge in [0, 0.05) is 32.1 Å². The van der Waals surface area contributed by atoms with Crippen molar-refractivity contribution in [3.8, 4) is 11.5 Å². The maximum atomic E-state index is 12.7. The van der Waals surface area contributed by atoms with Crippen molar-refractivity contribution in [2.75, 3.05) is 32.1 Å². The molecule has 0 aliphatic rings. The summed E-state index contributed by atoms with van der Waals surface area (Å²) in [4.78, 5) is 24.6. The number of sulfonamides is 1. The summed E-state index contributed by atoms with van der Waals surface area (Å²) in [5, 5.41) is 19.2. The summed E-state index contributed by atoms with van der Waals surface area (Å²) < 4.78 is 33.7. The van der Waals surface area contributed by atoms with Gasteiger partial charge in [-0.2, -0.15) is 0 Å². The second-order valence-corrected chi connectivity index (χ2v) is 8.55. The van der Waals surface area contributed by atoms with Crippen molar-refractivity contribution in [2.24, 2.45) is 5.14 Å². The quantitative estimate of drug-likeness (QED) is 0.347. The molecule has 0 spiro atoms. The number of rotatable bonds is 12. The first-order valence-corrected chi connectivity index (χ1v) is 11.8. The molecule has 0 aliphatic heterocycles. The molecule has 2 rings (SSSR count). The highest BCUT2D eigenvalue weighted by Crippen LogP contribution is 2.29. The Kier molecular flexibility index (Phi) is 9.00. The number of carbonyl (C=O) groups excluding carboxylic acids is 1. The molecule has 0 fully saturated rings. The van der Waals surface area contributed by atoms with Crippen LogP contribution in [-0.2, 0) is 21.4 Å². The van der Waals surface area contributed by atoms with Crippen LogP contribution in [0.3, 0.4) is 0 Å². The fourth-order valence-electron chi connectivity index (χ4n) is 3.13. The van der Waals surface area contributed by atoms with Crippen LogP contribution in [-0.4, -0.2) is 51.0 Å². The van der Waals surface area contributed by atoms with Gasteiger partial charge in [-0.15, -0.1) is 0 Å². The minimum atomic E-state index is -4.07. The lowest BCUT2D eigenvalue weighted by Crippen LogP contribution is -2.31. The Bertz CT molecular complexity index is 1110. The largest absolute Gasteiger partial charge is 0.493 e. The Morgan fingerprint density at radius 3 is 2.48 bits per heavy atom. The first-order valence-electron chi connectivity index (χ1n) is 10.2. The lowest BCUT2D eigenvalue weighted by molar-refractivity contribution is -0.384. The smallest absolute Gasteiger partial charge is 0.293 e. The van der Waals surface area contributed by atoms with Gasteiger partial charge in [-0.3, -0.25) is 14.9 Å². The minimum absolute atomic E-state index is 0.0795. The van der Waals surface area contributed by atoms with Crippen molar-refractivity contribution in [2.45, 2.75) is 31.7 Å². The van der Waals surface area contributed by atoms with Crippen molar-refractivity contribution in [3.63, 3.8) is 0 Å². The molecule has 2 aromatic rings. The number of hydrogen-bond donors (Lipinski definition) is 2. The number of primary sulfonamides is 1. The van der Waals surface area contributed by atoms with E-state index in [0.29, 0.717) is 31.2 Å². The fraction of sp³-hybridized carbons (Fsp3) is 0.381. The van der Waals surface area contributed by atoms with Crippen molar-refractivity contribution in [1.82, 2.24) is 4.90 Å². The third kappa shape index (κ3) is 7.05. The molecule has 3 N–H and O–H groups in total. The number of hydrogen-bond acceptors (Lipinski definition) is 8. The third-order valence-corrected chi connectivity index (χ3v) is 5.70. The van der Waals surface area contributed by atoms with Crippen LogP contribution in [0.5, 0.6) is 11.5 Å². The van der Waals surface area contributed by atoms with Crippen molar-refractivity contribution in [1.29, 1.82) is 0 Å². The molecule has 0 saturated carbocycles. The summed E-state index contributed by atoms with van der Waals surface area (Å²) >= 11 is 0. The van der Waals surface area contributed by atoms with Crippen molar-refractivity contribution >= 4 is 27.3 Å². The van der Waals surface area contributed by atoms with E-state index in [1.54, 1.807) is 18.1 Å². The molecule has 0 unspecified atom stereocenters. The van der Waals surface area contributed by atoms with Gasteiger partial charge in [-0.1, -0.05) is 6.07 Å². The van der Waals surface area contributed by atoms with Crippen LogP contribution < -0.4 is 19.9 Å². The monoisotopic (exact) mass is 480 g/mol. The highest BCUT2D eigenvalue weighted by Gasteiger charge is 2.20. The Morgan fingerprint density at radius 1 is 1.18 bits per heavy atom. The Morgan fingerprint density at radius 2 is 1.91 bits per heavy atom. The predicted molar refractivity (Wildman–Crippen MR) is 123 cm³/mol. The average Bonchev–Trinajstić information content (AvgIpc) is 2.77. The topological polar surface area (TPSA) is 154 Å². The van der Waals surface area contributed by atoms with Crippen LogP contribution >= 0.6 is 0 Å². The molecule has 33 heavy (non-hydrogen) atoms. The highest BCUT2D eigenvalue weighted by atomic mass is 32.2. The van der Waals surface area contributed by atoms with E-state index < -0.39 is 20.6 Å². The van der Waals surface area contributed by atoms with Crippen LogP contribution in [0.4, 0.5) is 11.4 Å². The first kappa shape index (κ1) is 25.9. The molecule has 0 radical (unpaired) electrons. The number of amides is 1. The molecule has 0 atom stereocenters. The number of nitro groups is 1. The molecule has 0 aromatic heterocycles. The lowest BCUT2D eigenvalue weighted by Gasteiger charge is -2.22. The average molecular weight is 481 g/mol. The number of ether oxygens (including phenoxy) is 2. The lowest BCUT2D eigenvalue weighted by atomic mass is 10.1. The van der Waals surface area contributed by atoms with Gasteiger partial charge in [-0.25, -0.2) is 13.6 Å². The van der Waals surface area contributed by atoms with Crippen LogP contribution in [0.1, 0.15) is 25.8 Å². The van der Waals surface area contributed by atoms with E-state index in [-0.39, 0.29) is 29.5 Å². The Hall–Kier alpha value is -3.38. The molecule has 0 heterocycles. The summed E-state index contributed by atoms with van der Waals surface area (Å²) in [6.07, 6.45) is 0.0795. The van der Waals surface area contributed by atoms with E-state index >= 15 is 0 Å². The van der Waals surface area contributed by atoms with E-state index in [1.165, 1.54) is 12.1 Å². The SMILES string of the molecule is CCOc1ccc(CN(CC)C(=O)CCNc2ccc(S(N)(=O)=O)cc2[N+](=O)[O-])cc1OC. The second kappa shape index (κ2) is 11.5.